The second-order valence-corrected chi connectivity index (χ2v) is 14.7. The molecule has 0 aromatic heterocycles. The molecule has 6 rings (SSSR count). The topological polar surface area (TPSA) is 92.4 Å². The summed E-state index contributed by atoms with van der Waals surface area (Å²) in [6, 6.07) is -0.158. The number of nitrogens with zero attached hydrogens (tertiary/aromatic N) is 2. The van der Waals surface area contributed by atoms with E-state index in [1.807, 2.05) is 13.1 Å². The van der Waals surface area contributed by atoms with Gasteiger partial charge in [-0.05, 0) is 90.3 Å². The molecule has 3 heterocycles. The molecule has 1 amide bonds. The van der Waals surface area contributed by atoms with Gasteiger partial charge in [-0.25, -0.2) is 4.39 Å². The van der Waals surface area contributed by atoms with E-state index in [0.29, 0.717) is 44.2 Å². The highest BCUT2D eigenvalue weighted by Gasteiger charge is 2.59. The molecule has 9 nitrogen and oxygen atoms in total. The Morgan fingerprint density at radius 1 is 1.13 bits per heavy atom. The van der Waals surface area contributed by atoms with Gasteiger partial charge < -0.3 is 34.6 Å². The normalized spacial score (nSPS) is 38.6. The van der Waals surface area contributed by atoms with Gasteiger partial charge in [0, 0.05) is 38.4 Å². The van der Waals surface area contributed by atoms with Crippen LogP contribution in [-0.4, -0.2) is 117 Å². The Balaban J connectivity index is 1.19. The standard InChI is InChI=1S/C35H57FN4O5/c1-4-44-25(21-43-3)12-7-14-37-31-28(36)19-26-32-34(31)45-30-18-23-10-6-5-9-22(23)17-29(30)40(32)20-27(33(26)41)35(42)38-15-13-24-11-8-16-39(24)2/h20,22-26,28-32,34,37H,4-19,21H2,1-3H3,(H,38,42). The number of nitrogens with one attached hydrogen (secondary N) is 2. The zero-order valence-corrected chi connectivity index (χ0v) is 27.8. The largest absolute Gasteiger partial charge is 0.382 e. The highest BCUT2D eigenvalue weighted by atomic mass is 19.1. The van der Waals surface area contributed by atoms with E-state index in [2.05, 4.69) is 27.5 Å². The van der Waals surface area contributed by atoms with Gasteiger partial charge in [0.1, 0.15) is 6.17 Å². The Morgan fingerprint density at radius 3 is 2.67 bits per heavy atom. The molecule has 2 N–H and O–H groups in total. The number of carbonyl (C=O) groups excluding carboxylic acids is 2. The highest BCUT2D eigenvalue weighted by Crippen LogP contribution is 2.50. The average molecular weight is 633 g/mol. The maximum atomic E-state index is 16.2. The summed E-state index contributed by atoms with van der Waals surface area (Å²) in [4.78, 5) is 32.2. The van der Waals surface area contributed by atoms with Crippen molar-refractivity contribution in [2.45, 2.75) is 133 Å². The van der Waals surface area contributed by atoms with E-state index in [9.17, 15) is 9.59 Å². The van der Waals surface area contributed by atoms with E-state index in [0.717, 1.165) is 45.1 Å². The summed E-state index contributed by atoms with van der Waals surface area (Å²) in [6.45, 7) is 5.44. The summed E-state index contributed by atoms with van der Waals surface area (Å²) >= 11 is 0. The molecule has 3 aliphatic heterocycles. The van der Waals surface area contributed by atoms with Crippen molar-refractivity contribution in [2.75, 3.05) is 47.0 Å². The molecule has 0 aromatic carbocycles. The third-order valence-electron chi connectivity index (χ3n) is 12.0. The number of halogens is 1. The van der Waals surface area contributed by atoms with Crippen LogP contribution in [-0.2, 0) is 23.8 Å². The second-order valence-electron chi connectivity index (χ2n) is 14.7. The molecule has 3 saturated carbocycles. The number of likely N-dealkylation sites (tertiary alicyclic amines) is 1. The molecule has 0 radical (unpaired) electrons. The molecule has 45 heavy (non-hydrogen) atoms. The zero-order valence-electron chi connectivity index (χ0n) is 27.8. The van der Waals surface area contributed by atoms with Gasteiger partial charge in [-0.15, -0.1) is 0 Å². The fourth-order valence-electron chi connectivity index (χ4n) is 9.72. The summed E-state index contributed by atoms with van der Waals surface area (Å²) in [7, 11) is 3.82. The first-order chi connectivity index (χ1) is 21.9. The van der Waals surface area contributed by atoms with Crippen LogP contribution in [0.4, 0.5) is 4.39 Å². The molecule has 0 spiro atoms. The number of fused-ring (bicyclic) bond motifs is 3. The van der Waals surface area contributed by atoms with Crippen molar-refractivity contribution in [2.24, 2.45) is 17.8 Å². The van der Waals surface area contributed by atoms with Crippen LogP contribution >= 0.6 is 0 Å². The number of Topliss-reactive ketones (excluding diaryl/α,β-unsaturated/α-hetero) is 1. The van der Waals surface area contributed by atoms with Crippen molar-refractivity contribution >= 4 is 11.7 Å². The van der Waals surface area contributed by atoms with Crippen molar-refractivity contribution in [1.82, 2.24) is 20.4 Å². The van der Waals surface area contributed by atoms with Crippen molar-refractivity contribution in [3.05, 3.63) is 11.8 Å². The number of rotatable bonds is 13. The average Bonchev–Trinajstić information content (AvgIpc) is 3.44. The van der Waals surface area contributed by atoms with E-state index < -0.39 is 24.2 Å². The molecule has 0 aromatic rings. The van der Waals surface area contributed by atoms with Gasteiger partial charge in [0.25, 0.3) is 5.91 Å². The lowest BCUT2D eigenvalue weighted by Gasteiger charge is -2.61. The molecular weight excluding hydrogens is 575 g/mol. The van der Waals surface area contributed by atoms with Crippen LogP contribution in [0.25, 0.3) is 0 Å². The van der Waals surface area contributed by atoms with E-state index in [1.165, 1.54) is 32.1 Å². The summed E-state index contributed by atoms with van der Waals surface area (Å²) in [6.07, 6.45) is 12.2. The van der Waals surface area contributed by atoms with E-state index in [-0.39, 0.29) is 48.0 Å². The maximum absolute atomic E-state index is 16.2. The molecule has 5 fully saturated rings. The van der Waals surface area contributed by atoms with Gasteiger partial charge in [0.2, 0.25) is 0 Å². The smallest absolute Gasteiger partial charge is 0.256 e. The third-order valence-corrected chi connectivity index (χ3v) is 12.0. The maximum Gasteiger partial charge on any atom is 0.256 e. The number of alkyl halides is 1. The molecule has 254 valence electrons. The van der Waals surface area contributed by atoms with Crippen LogP contribution in [0.3, 0.4) is 0 Å². The lowest BCUT2D eigenvalue weighted by Crippen LogP contribution is -2.73. The quantitative estimate of drug-likeness (QED) is 0.235. The molecule has 0 bridgehead atoms. The van der Waals surface area contributed by atoms with Crippen LogP contribution in [0, 0.1) is 17.8 Å². The lowest BCUT2D eigenvalue weighted by atomic mass is 9.65. The Hall–Kier alpha value is -1.59. The van der Waals surface area contributed by atoms with Crippen LogP contribution < -0.4 is 10.6 Å². The van der Waals surface area contributed by atoms with Crippen molar-refractivity contribution in [1.29, 1.82) is 0 Å². The first-order valence-electron chi connectivity index (χ1n) is 18.0. The van der Waals surface area contributed by atoms with E-state index in [1.54, 1.807) is 7.11 Å². The van der Waals surface area contributed by atoms with E-state index >= 15 is 4.39 Å². The number of amides is 1. The number of morpholine rings is 1. The Morgan fingerprint density at radius 2 is 1.93 bits per heavy atom. The summed E-state index contributed by atoms with van der Waals surface area (Å²) < 4.78 is 34.2. The minimum Gasteiger partial charge on any atom is -0.382 e. The second kappa shape index (κ2) is 15.1. The fourth-order valence-corrected chi connectivity index (χ4v) is 9.72. The summed E-state index contributed by atoms with van der Waals surface area (Å²) in [5, 5.41) is 6.58. The van der Waals surface area contributed by atoms with Gasteiger partial charge in [-0.2, -0.15) is 0 Å². The van der Waals surface area contributed by atoms with Crippen molar-refractivity contribution in [3.8, 4) is 0 Å². The molecule has 6 aliphatic rings. The number of ketones is 1. The number of ether oxygens (including phenoxy) is 3. The van der Waals surface area contributed by atoms with Crippen LogP contribution in [0.1, 0.15) is 84.0 Å². The predicted molar refractivity (Wildman–Crippen MR) is 170 cm³/mol. The third kappa shape index (κ3) is 7.15. The SMILES string of the molecule is CCOC(CCCNC1C(F)CC2C(=O)C(C(=O)NCCC3CCCN3C)=CN3C4CC5CCCCC5CC4OC1C23)COC. The first-order valence-corrected chi connectivity index (χ1v) is 18.0. The van der Waals surface area contributed by atoms with Crippen LogP contribution in [0.15, 0.2) is 11.8 Å². The molecule has 3 aliphatic carbocycles. The first kappa shape index (κ1) is 33.3. The minimum atomic E-state index is -1.23. The molecule has 2 saturated heterocycles. The van der Waals surface area contributed by atoms with Crippen LogP contribution in [0.2, 0.25) is 0 Å². The van der Waals surface area contributed by atoms with Crippen molar-refractivity contribution < 1.29 is 28.2 Å². The monoisotopic (exact) mass is 632 g/mol. The Labute approximate surface area is 269 Å². The molecule has 11 unspecified atom stereocenters. The van der Waals surface area contributed by atoms with Gasteiger partial charge >= 0.3 is 0 Å². The van der Waals surface area contributed by atoms with Gasteiger partial charge in [0.15, 0.2) is 5.78 Å². The van der Waals surface area contributed by atoms with Crippen molar-refractivity contribution in [3.63, 3.8) is 0 Å². The Kier molecular flexibility index (Phi) is 11.2. The lowest BCUT2D eigenvalue weighted by molar-refractivity contribution is -0.208. The summed E-state index contributed by atoms with van der Waals surface area (Å²) in [5.74, 6) is 0.198. The highest BCUT2D eigenvalue weighted by molar-refractivity contribution is 6.20. The molecule has 11 atom stereocenters. The minimum absolute atomic E-state index is 0.0171. The number of methoxy groups -OCH3 is 1. The van der Waals surface area contributed by atoms with Crippen LogP contribution in [0.5, 0.6) is 0 Å². The number of hydrogen-bond acceptors (Lipinski definition) is 8. The fraction of sp³-hybridized carbons (Fsp3) is 0.886. The number of hydrogen-bond donors (Lipinski definition) is 2. The molecule has 10 heteroatoms. The van der Waals surface area contributed by atoms with Gasteiger partial charge in [-0.3, -0.25) is 9.59 Å². The van der Waals surface area contributed by atoms with Gasteiger partial charge in [0.05, 0.1) is 48.6 Å². The van der Waals surface area contributed by atoms with Gasteiger partial charge in [-0.1, -0.05) is 25.7 Å². The summed E-state index contributed by atoms with van der Waals surface area (Å²) in [5.41, 5.74) is 0.208. The predicted octanol–water partition coefficient (Wildman–Crippen LogP) is 3.61. The Bertz CT molecular complexity index is 1060. The zero-order chi connectivity index (χ0) is 31.5. The van der Waals surface area contributed by atoms with E-state index in [4.69, 9.17) is 14.2 Å². The number of carbonyl (C=O) groups is 2. The molecular formula is C35H57FN4O5.